The van der Waals surface area contributed by atoms with Crippen molar-refractivity contribution < 1.29 is 13.5 Å². The fourth-order valence-electron chi connectivity index (χ4n) is 5.05. The summed E-state index contributed by atoms with van der Waals surface area (Å²) in [7, 11) is -0.178. The molecule has 0 bridgehead atoms. The summed E-state index contributed by atoms with van der Waals surface area (Å²) in [5.41, 5.74) is 0.228. The smallest absolute Gasteiger partial charge is 0.330 e. The maximum Gasteiger partial charge on any atom is 0.330 e. The monoisotopic (exact) mass is 490 g/mol. The van der Waals surface area contributed by atoms with Crippen LogP contribution in [0.15, 0.2) is 28.3 Å². The highest BCUT2D eigenvalue weighted by atomic mass is 32.2. The molecule has 1 aliphatic carbocycles. The van der Waals surface area contributed by atoms with Gasteiger partial charge in [0.05, 0.1) is 18.0 Å². The van der Waals surface area contributed by atoms with Crippen molar-refractivity contribution in [1.29, 1.82) is 0 Å². The first-order valence-electron chi connectivity index (χ1n) is 11.5. The van der Waals surface area contributed by atoms with Crippen LogP contribution in [0, 0.1) is 0 Å². The van der Waals surface area contributed by atoms with Crippen LogP contribution in [0.2, 0.25) is 0 Å². The Labute approximate surface area is 197 Å². The molecule has 184 valence electrons. The van der Waals surface area contributed by atoms with Crippen LogP contribution in [0.25, 0.3) is 11.2 Å². The van der Waals surface area contributed by atoms with Gasteiger partial charge in [0.2, 0.25) is 16.0 Å². The van der Waals surface area contributed by atoms with Gasteiger partial charge in [-0.2, -0.15) is 14.4 Å². The Morgan fingerprint density at radius 2 is 1.91 bits per heavy atom. The van der Waals surface area contributed by atoms with E-state index >= 15 is 0 Å². The third kappa shape index (κ3) is 4.01. The van der Waals surface area contributed by atoms with Crippen molar-refractivity contribution in [2.75, 3.05) is 18.4 Å². The van der Waals surface area contributed by atoms with E-state index in [2.05, 4.69) is 20.4 Å². The van der Waals surface area contributed by atoms with E-state index in [0.29, 0.717) is 62.3 Å². The number of nitrogens with one attached hydrogen (secondary N) is 1. The van der Waals surface area contributed by atoms with Gasteiger partial charge in [-0.3, -0.25) is 13.8 Å². The van der Waals surface area contributed by atoms with Crippen LogP contribution in [0.1, 0.15) is 45.1 Å². The van der Waals surface area contributed by atoms with Gasteiger partial charge in [-0.1, -0.05) is 0 Å². The summed E-state index contributed by atoms with van der Waals surface area (Å²) in [5.74, 6) is 0.408. The lowest BCUT2D eigenvalue weighted by atomic mass is 10.1. The number of aliphatic hydroxyl groups is 1. The van der Waals surface area contributed by atoms with E-state index in [-0.39, 0.29) is 22.7 Å². The van der Waals surface area contributed by atoms with Crippen molar-refractivity contribution in [2.45, 2.75) is 61.6 Å². The highest BCUT2D eigenvalue weighted by Gasteiger charge is 2.36. The number of rotatable bonds is 5. The van der Waals surface area contributed by atoms with Gasteiger partial charge in [0.1, 0.15) is 10.4 Å². The van der Waals surface area contributed by atoms with E-state index in [1.54, 1.807) is 31.8 Å². The van der Waals surface area contributed by atoms with Crippen LogP contribution < -0.4 is 11.0 Å². The van der Waals surface area contributed by atoms with E-state index in [0.717, 1.165) is 0 Å². The van der Waals surface area contributed by atoms with Crippen molar-refractivity contribution in [3.63, 3.8) is 0 Å². The Morgan fingerprint density at radius 1 is 1.18 bits per heavy atom. The lowest BCUT2D eigenvalue weighted by molar-refractivity contribution is 0.0641. The summed E-state index contributed by atoms with van der Waals surface area (Å²) in [4.78, 5) is 22.2. The van der Waals surface area contributed by atoms with Gasteiger partial charge in [-0.15, -0.1) is 0 Å². The van der Waals surface area contributed by atoms with Gasteiger partial charge in [0.15, 0.2) is 5.65 Å². The lowest BCUT2D eigenvalue weighted by Crippen LogP contribution is -2.42. The van der Waals surface area contributed by atoms with E-state index in [1.165, 1.54) is 25.9 Å². The number of hydrogen-bond donors (Lipinski definition) is 2. The molecule has 12 nitrogen and oxygen atoms in total. The summed E-state index contributed by atoms with van der Waals surface area (Å²) in [6.07, 6.45) is 7.57. The SMILES string of the molecule is Cn1cc(S(=O)(=O)N2CCC(Nc3ncc4c(n3)n(C3CCC(C)(O)C3)c(=O)n4C)CC2)cn1. The second kappa shape index (κ2) is 8.17. The Bertz CT molecular complexity index is 1380. The zero-order valence-corrected chi connectivity index (χ0v) is 20.4. The van der Waals surface area contributed by atoms with Crippen molar-refractivity contribution in [1.82, 2.24) is 33.2 Å². The van der Waals surface area contributed by atoms with Gasteiger partial charge >= 0.3 is 5.69 Å². The van der Waals surface area contributed by atoms with E-state index in [1.807, 2.05) is 0 Å². The van der Waals surface area contributed by atoms with E-state index < -0.39 is 15.6 Å². The summed E-state index contributed by atoms with van der Waals surface area (Å²) in [6.45, 7) is 2.56. The molecule has 1 saturated carbocycles. The molecule has 1 aliphatic heterocycles. The second-order valence-electron chi connectivity index (χ2n) is 9.68. The molecule has 2 unspecified atom stereocenters. The predicted molar refractivity (Wildman–Crippen MR) is 125 cm³/mol. The summed E-state index contributed by atoms with van der Waals surface area (Å²) < 4.78 is 31.8. The minimum atomic E-state index is -3.56. The quantitative estimate of drug-likeness (QED) is 0.530. The van der Waals surface area contributed by atoms with Gasteiger partial charge < -0.3 is 10.4 Å². The molecule has 5 rings (SSSR count). The molecule has 3 aromatic rings. The molecule has 34 heavy (non-hydrogen) atoms. The molecule has 0 radical (unpaired) electrons. The predicted octanol–water partition coefficient (Wildman–Crippen LogP) is 0.605. The van der Waals surface area contributed by atoms with Gasteiger partial charge in [-0.05, 0) is 39.0 Å². The number of fused-ring (bicyclic) bond motifs is 1. The number of aryl methyl sites for hydroxylation is 2. The molecular weight excluding hydrogens is 460 g/mol. The van der Waals surface area contributed by atoms with Crippen LogP contribution in [0.3, 0.4) is 0 Å². The maximum absolute atomic E-state index is 12.9. The van der Waals surface area contributed by atoms with Crippen LogP contribution in [-0.4, -0.2) is 71.4 Å². The average Bonchev–Trinajstić information content (AvgIpc) is 3.45. The number of piperidine rings is 1. The number of anilines is 1. The van der Waals surface area contributed by atoms with Crippen molar-refractivity contribution in [3.8, 4) is 0 Å². The van der Waals surface area contributed by atoms with E-state index in [9.17, 15) is 18.3 Å². The Balaban J connectivity index is 1.32. The Hall–Kier alpha value is -2.77. The molecule has 1 saturated heterocycles. The van der Waals surface area contributed by atoms with Crippen LogP contribution in [-0.2, 0) is 24.1 Å². The number of sulfonamides is 1. The third-order valence-electron chi connectivity index (χ3n) is 7.00. The molecule has 2 fully saturated rings. The number of imidazole rings is 1. The molecule has 4 heterocycles. The second-order valence-corrected chi connectivity index (χ2v) is 11.6. The molecule has 2 N–H and O–H groups in total. The fraction of sp³-hybridized carbons (Fsp3) is 0.619. The first-order chi connectivity index (χ1) is 16.0. The first kappa shape index (κ1) is 23.0. The summed E-state index contributed by atoms with van der Waals surface area (Å²) >= 11 is 0. The molecule has 0 amide bonds. The minimum Gasteiger partial charge on any atom is -0.390 e. The molecule has 13 heteroatoms. The molecule has 2 aliphatic rings. The average molecular weight is 491 g/mol. The van der Waals surface area contributed by atoms with E-state index in [4.69, 9.17) is 0 Å². The van der Waals surface area contributed by atoms with Gasteiger partial charge in [-0.25, -0.2) is 18.2 Å². The standard InChI is InChI=1S/C21H30N8O4S/c1-21(31)7-4-15(10-21)29-18-17(27(3)20(29)30)12-22-19(25-18)24-14-5-8-28(9-6-14)34(32,33)16-11-23-26(2)13-16/h11-15,31H,4-10H2,1-3H3,(H,22,24,25). The lowest BCUT2D eigenvalue weighted by Gasteiger charge is -2.31. The van der Waals surface area contributed by atoms with Gasteiger partial charge in [0, 0.05) is 45.5 Å². The zero-order chi connectivity index (χ0) is 24.3. The van der Waals surface area contributed by atoms with Crippen LogP contribution in [0.4, 0.5) is 5.95 Å². The Kier molecular flexibility index (Phi) is 5.52. The number of hydrogen-bond acceptors (Lipinski definition) is 8. The Morgan fingerprint density at radius 3 is 2.53 bits per heavy atom. The third-order valence-corrected chi connectivity index (χ3v) is 8.85. The van der Waals surface area contributed by atoms with Crippen LogP contribution in [0.5, 0.6) is 0 Å². The van der Waals surface area contributed by atoms with Crippen LogP contribution >= 0.6 is 0 Å². The topological polar surface area (TPSA) is 140 Å². The zero-order valence-electron chi connectivity index (χ0n) is 19.5. The number of nitrogens with zero attached hydrogens (tertiary/aromatic N) is 7. The molecule has 0 spiro atoms. The molecule has 0 aromatic carbocycles. The first-order valence-corrected chi connectivity index (χ1v) is 12.9. The highest BCUT2D eigenvalue weighted by Crippen LogP contribution is 2.37. The van der Waals surface area contributed by atoms with Gasteiger partial charge in [0.25, 0.3) is 0 Å². The van der Waals surface area contributed by atoms with Crippen molar-refractivity contribution in [2.24, 2.45) is 14.1 Å². The number of aromatic nitrogens is 6. The minimum absolute atomic E-state index is 0.00824. The molecule has 3 aromatic heterocycles. The normalized spacial score (nSPS) is 24.8. The van der Waals surface area contributed by atoms with Crippen molar-refractivity contribution in [3.05, 3.63) is 29.1 Å². The molecular formula is C21H30N8O4S. The summed E-state index contributed by atoms with van der Waals surface area (Å²) in [5, 5.41) is 17.7. The fourth-order valence-corrected chi connectivity index (χ4v) is 6.50. The largest absolute Gasteiger partial charge is 0.390 e. The molecule has 2 atom stereocenters. The van der Waals surface area contributed by atoms with Crippen molar-refractivity contribution >= 4 is 27.1 Å². The highest BCUT2D eigenvalue weighted by molar-refractivity contribution is 7.89. The summed E-state index contributed by atoms with van der Waals surface area (Å²) in [6, 6.07) is -0.108. The maximum atomic E-state index is 12.9.